The minimum Gasteiger partial charge on any atom is -0.369 e. The van der Waals surface area contributed by atoms with Crippen molar-refractivity contribution in [3.05, 3.63) is 358 Å². The maximum Gasteiger partial charge on any atom is 0.261 e. The zero-order valence-corrected chi connectivity index (χ0v) is 63.1. The number of pyridine rings is 6. The lowest BCUT2D eigenvalue weighted by molar-refractivity contribution is 0.0314. The molecule has 17 nitrogen and oxygen atoms in total. The normalized spacial score (nSPS) is 17.7. The van der Waals surface area contributed by atoms with Crippen LogP contribution in [0.1, 0.15) is 179 Å². The van der Waals surface area contributed by atoms with Crippen LogP contribution < -0.4 is 11.5 Å². The second kappa shape index (κ2) is 38.2. The number of nitrogens with two attached hydrogens (primary N) is 2. The van der Waals surface area contributed by atoms with Crippen LogP contribution in [-0.2, 0) is 68.1 Å². The quantitative estimate of drug-likeness (QED) is 0.102. The predicted octanol–water partition coefficient (Wildman–Crippen LogP) is 20.6. The van der Waals surface area contributed by atoms with Gasteiger partial charge < -0.3 is 39.9 Å². The minimum atomic E-state index is -0.328. The van der Waals surface area contributed by atoms with Gasteiger partial charge in [0.1, 0.15) is 6.10 Å². The fourth-order valence-corrected chi connectivity index (χ4v) is 15.7. The summed E-state index contributed by atoms with van der Waals surface area (Å²) in [5, 5.41) is 0. The van der Waals surface area contributed by atoms with E-state index in [1.54, 1.807) is 30.5 Å². The highest BCUT2D eigenvalue weighted by Crippen LogP contribution is 2.44. The van der Waals surface area contributed by atoms with Crippen molar-refractivity contribution in [2.24, 2.45) is 11.5 Å². The molecule has 2 amide bonds. The minimum absolute atomic E-state index is 0. The van der Waals surface area contributed by atoms with E-state index in [1.807, 2.05) is 152 Å². The van der Waals surface area contributed by atoms with Gasteiger partial charge in [0.2, 0.25) is 0 Å². The van der Waals surface area contributed by atoms with Gasteiger partial charge in [-0.3, -0.25) is 44.4 Å². The van der Waals surface area contributed by atoms with Gasteiger partial charge in [-0.25, -0.2) is 0 Å². The predicted molar refractivity (Wildman–Crippen MR) is 447 cm³/mol. The molecule has 7 aliphatic rings. The number of nitrogens with zero attached hydrogens (tertiary/aromatic N) is 7. The summed E-state index contributed by atoms with van der Waals surface area (Å²) in [5.74, 6) is -0.512. The van der Waals surface area contributed by atoms with Crippen molar-refractivity contribution in [3.8, 4) is 67.5 Å². The number of aromatic nitrogens is 6. The van der Waals surface area contributed by atoms with Crippen molar-refractivity contribution < 1.29 is 38.0 Å². The second-order valence-electron chi connectivity index (χ2n) is 27.8. The van der Waals surface area contributed by atoms with E-state index < -0.39 is 0 Å². The number of hydrogen-bond acceptors (Lipinski definition) is 16. The standard InChI is InChI=1S/C22H16N2O3.3C15H15NO.2C14H14N2O.2CH4/c25-21-16-6-1-2-7-17(16)22(26)24(21)12-20-15-9-5-8-14(18(15)13-27-20)19-10-3-4-11-23-19;3*1-2-15-12-7-5-6-11(13(12)10-17-15)14-8-3-4-9-16-14;2*15-8-14-11-5-3-4-10(12(11)9-17-14)13-6-1-2-7-16-13;;/h1-11,20H,12-13H2;3*3-9,15H,2,10H2,1H3;2*1-7,14H,8-9,15H2;2*1H4/t;2*15-;;2*14-;;/m.10.10../s1. The zero-order valence-electron chi connectivity index (χ0n) is 63.1. The zero-order chi connectivity index (χ0) is 76.7. The Morgan fingerprint density at radius 3 is 0.693 bits per heavy atom. The van der Waals surface area contributed by atoms with Crippen molar-refractivity contribution >= 4 is 11.8 Å². The molecule has 17 heteroatoms. The smallest absolute Gasteiger partial charge is 0.261 e. The van der Waals surface area contributed by atoms with E-state index in [4.69, 9.17) is 39.9 Å². The van der Waals surface area contributed by atoms with Crippen LogP contribution in [0.2, 0.25) is 0 Å². The highest BCUT2D eigenvalue weighted by molar-refractivity contribution is 6.21. The van der Waals surface area contributed by atoms with Gasteiger partial charge in [0.25, 0.3) is 11.8 Å². The molecule has 13 heterocycles. The third-order valence-corrected chi connectivity index (χ3v) is 21.3. The molecule has 13 aromatic rings. The van der Waals surface area contributed by atoms with Crippen molar-refractivity contribution in [2.75, 3.05) is 19.6 Å². The van der Waals surface area contributed by atoms with E-state index >= 15 is 0 Å². The first-order chi connectivity index (χ1) is 55.2. The van der Waals surface area contributed by atoms with Gasteiger partial charge in [0.15, 0.2) is 0 Å². The monoisotopic (exact) mass is 1520 g/mol. The first kappa shape index (κ1) is 80.3. The highest BCUT2D eigenvalue weighted by Gasteiger charge is 2.39. The maximum absolute atomic E-state index is 12.6. The number of ether oxygens (including phenoxy) is 6. The molecule has 6 aromatic heterocycles. The van der Waals surface area contributed by atoms with E-state index in [0.29, 0.717) is 63.9 Å². The Kier molecular flexibility index (Phi) is 26.9. The number of imide groups is 1. The van der Waals surface area contributed by atoms with E-state index in [-0.39, 0.29) is 69.8 Å². The van der Waals surface area contributed by atoms with E-state index in [0.717, 1.165) is 81.2 Å². The third-order valence-electron chi connectivity index (χ3n) is 21.3. The summed E-state index contributed by atoms with van der Waals surface area (Å²) in [6.07, 6.45) is 14.5. The average Bonchev–Trinajstić information content (AvgIpc) is 1.61. The summed E-state index contributed by atoms with van der Waals surface area (Å²) in [6, 6.07) is 80.3. The molecule has 0 spiro atoms. The molecule has 2 unspecified atom stereocenters. The Hall–Kier alpha value is -11.7. The molecular formula is C97H97N9O8. The topological polar surface area (TPSA) is 222 Å². The summed E-state index contributed by atoms with van der Waals surface area (Å²) < 4.78 is 34.8. The molecule has 0 fully saturated rings. The van der Waals surface area contributed by atoms with Crippen LogP contribution >= 0.6 is 0 Å². The van der Waals surface area contributed by atoms with Crippen LogP contribution in [0.4, 0.5) is 0 Å². The Bertz CT molecular complexity index is 4770. The van der Waals surface area contributed by atoms with Crippen LogP contribution in [-0.4, -0.2) is 66.3 Å². The number of hydrogen-bond donors (Lipinski definition) is 2. The lowest BCUT2D eigenvalue weighted by Crippen LogP contribution is -2.33. The van der Waals surface area contributed by atoms with Gasteiger partial charge in [-0.15, -0.1) is 0 Å². The summed E-state index contributed by atoms with van der Waals surface area (Å²) >= 11 is 0. The van der Waals surface area contributed by atoms with Crippen LogP contribution in [0.3, 0.4) is 0 Å². The summed E-state index contributed by atoms with van der Waals surface area (Å²) in [6.45, 7) is 11.6. The van der Waals surface area contributed by atoms with Crippen LogP contribution in [0.5, 0.6) is 0 Å². The SMILES string of the molecule is C.C.CCC1OCc2c(-c3ccccn3)cccc21.CC[C@@H]1OCc2c(-c3ccccn3)cccc21.CC[C@H]1OCc2c(-c3ccccn3)cccc21.NC[C@@H]1OCc2c(-c3ccccn3)cccc21.NC[C@H]1OCc2c(-c3ccccn3)cccc21.O=C1c2ccccc2C(=O)N1CC1OCc2c(-c3ccccn3)cccc21. The Morgan fingerprint density at radius 1 is 0.272 bits per heavy atom. The molecule has 0 bridgehead atoms. The molecule has 4 N–H and O–H groups in total. The number of carbonyl (C=O) groups excluding carboxylic acids is 2. The highest BCUT2D eigenvalue weighted by atomic mass is 16.5. The number of fused-ring (bicyclic) bond motifs is 7. The third kappa shape index (κ3) is 17.3. The average molecular weight is 1520 g/mol. The first-order valence-corrected chi connectivity index (χ1v) is 38.5. The van der Waals surface area contributed by atoms with Gasteiger partial charge in [-0.2, -0.15) is 0 Å². The first-order valence-electron chi connectivity index (χ1n) is 38.5. The van der Waals surface area contributed by atoms with Crippen molar-refractivity contribution in [1.29, 1.82) is 0 Å². The molecule has 6 atom stereocenters. The molecule has 0 aliphatic carbocycles. The van der Waals surface area contributed by atoms with Crippen LogP contribution in [0.25, 0.3) is 67.5 Å². The van der Waals surface area contributed by atoms with Crippen LogP contribution in [0, 0.1) is 0 Å². The van der Waals surface area contributed by atoms with Gasteiger partial charge in [0, 0.05) is 83.7 Å². The number of benzene rings is 7. The summed E-state index contributed by atoms with van der Waals surface area (Å²) in [7, 11) is 0. The largest absolute Gasteiger partial charge is 0.369 e. The summed E-state index contributed by atoms with van der Waals surface area (Å²) in [5.41, 5.74) is 40.1. The lowest BCUT2D eigenvalue weighted by Gasteiger charge is -2.19. The van der Waals surface area contributed by atoms with Crippen molar-refractivity contribution in [1.82, 2.24) is 34.8 Å². The molecular weight excluding hydrogens is 1420 g/mol. The van der Waals surface area contributed by atoms with E-state index in [2.05, 4.69) is 148 Å². The second-order valence-corrected chi connectivity index (χ2v) is 27.8. The Morgan fingerprint density at radius 2 is 0.474 bits per heavy atom. The Labute approximate surface area is 668 Å². The fraction of sp³-hybridized carbons (Fsp3) is 0.237. The molecule has 7 aliphatic heterocycles. The van der Waals surface area contributed by atoms with Gasteiger partial charge in [-0.1, -0.05) is 193 Å². The molecule has 578 valence electrons. The van der Waals surface area contributed by atoms with Gasteiger partial charge >= 0.3 is 0 Å². The van der Waals surface area contributed by atoms with Gasteiger partial charge in [0.05, 0.1) is 122 Å². The molecule has 0 radical (unpaired) electrons. The van der Waals surface area contributed by atoms with Gasteiger partial charge in [-0.05, 0) is 171 Å². The molecule has 20 rings (SSSR count). The summed E-state index contributed by atoms with van der Waals surface area (Å²) in [4.78, 5) is 53.0. The van der Waals surface area contributed by atoms with E-state index in [1.165, 1.54) is 77.2 Å². The lowest BCUT2D eigenvalue weighted by atomic mass is 9.97. The molecule has 7 aromatic carbocycles. The molecule has 0 saturated heterocycles. The molecule has 0 saturated carbocycles. The maximum atomic E-state index is 12.6. The Balaban J connectivity index is 0.000000120. The number of carbonyl (C=O) groups is 2. The van der Waals surface area contributed by atoms with Crippen LogP contribution in [0.15, 0.2) is 280 Å². The van der Waals surface area contributed by atoms with E-state index in [9.17, 15) is 9.59 Å². The fourth-order valence-electron chi connectivity index (χ4n) is 15.7. The number of amides is 2. The van der Waals surface area contributed by atoms with Crippen molar-refractivity contribution in [2.45, 2.75) is 131 Å². The molecule has 114 heavy (non-hydrogen) atoms. The number of rotatable bonds is 13. The van der Waals surface area contributed by atoms with Crippen molar-refractivity contribution in [3.63, 3.8) is 0 Å².